The highest BCUT2D eigenvalue weighted by molar-refractivity contribution is 5.93. The van der Waals surface area contributed by atoms with Gasteiger partial charge in [-0.05, 0) is 42.9 Å². The molecular formula is C15H16N2O. The van der Waals surface area contributed by atoms with Crippen molar-refractivity contribution < 1.29 is 4.79 Å². The van der Waals surface area contributed by atoms with Crippen LogP contribution in [-0.4, -0.2) is 5.91 Å². The Kier molecular flexibility index (Phi) is 2.59. The summed E-state index contributed by atoms with van der Waals surface area (Å²) in [6, 6.07) is 8.66. The van der Waals surface area contributed by atoms with Crippen molar-refractivity contribution in [2.24, 2.45) is 5.41 Å². The molecule has 1 heterocycles. The number of carbonyl (C=O) groups is 1. The Morgan fingerprint density at radius 2 is 2.17 bits per heavy atom. The van der Waals surface area contributed by atoms with Crippen LogP contribution in [0.15, 0.2) is 18.2 Å². The van der Waals surface area contributed by atoms with E-state index in [-0.39, 0.29) is 11.3 Å². The van der Waals surface area contributed by atoms with Crippen LogP contribution in [0, 0.1) is 16.7 Å². The van der Waals surface area contributed by atoms with Crippen molar-refractivity contribution >= 4 is 11.6 Å². The van der Waals surface area contributed by atoms with E-state index in [0.29, 0.717) is 6.42 Å². The van der Waals surface area contributed by atoms with E-state index in [2.05, 4.69) is 17.5 Å². The molecule has 1 N–H and O–H groups in total. The summed E-state index contributed by atoms with van der Waals surface area (Å²) in [6.07, 6.45) is 5.46. The second-order valence-electron chi connectivity index (χ2n) is 5.46. The number of fused-ring (bicyclic) bond motifs is 1. The van der Waals surface area contributed by atoms with Gasteiger partial charge in [0, 0.05) is 12.1 Å². The fourth-order valence-electron chi connectivity index (χ4n) is 2.87. The third-order valence-electron chi connectivity index (χ3n) is 4.16. The number of aryl methyl sites for hydroxylation is 1. The number of hydrogen-bond acceptors (Lipinski definition) is 2. The lowest BCUT2D eigenvalue weighted by Gasteiger charge is -2.35. The summed E-state index contributed by atoms with van der Waals surface area (Å²) in [5, 5.41) is 12.2. The molecule has 3 rings (SSSR count). The van der Waals surface area contributed by atoms with Crippen molar-refractivity contribution in [3.63, 3.8) is 0 Å². The van der Waals surface area contributed by atoms with E-state index < -0.39 is 0 Å². The fraction of sp³-hybridized carbons (Fsp3) is 0.467. The number of nitrogens with zero attached hydrogens (tertiary/aromatic N) is 1. The van der Waals surface area contributed by atoms with Crippen LogP contribution in [0.3, 0.4) is 0 Å². The average Bonchev–Trinajstić information content (AvgIpc) is 2.34. The molecule has 1 fully saturated rings. The number of amides is 1. The second kappa shape index (κ2) is 4.13. The molecule has 0 bridgehead atoms. The molecule has 1 saturated carbocycles. The number of nitriles is 1. The minimum Gasteiger partial charge on any atom is -0.326 e. The minimum atomic E-state index is -0.119. The van der Waals surface area contributed by atoms with Gasteiger partial charge in [0.15, 0.2) is 0 Å². The van der Waals surface area contributed by atoms with Crippen LogP contribution in [0.2, 0.25) is 0 Å². The molecule has 18 heavy (non-hydrogen) atoms. The van der Waals surface area contributed by atoms with Crippen molar-refractivity contribution in [1.29, 1.82) is 5.26 Å². The van der Waals surface area contributed by atoms with E-state index >= 15 is 0 Å². The molecule has 1 aromatic rings. The van der Waals surface area contributed by atoms with Gasteiger partial charge in [-0.1, -0.05) is 18.6 Å². The van der Waals surface area contributed by atoms with Crippen molar-refractivity contribution in [3.05, 3.63) is 29.3 Å². The topological polar surface area (TPSA) is 52.9 Å². The third-order valence-corrected chi connectivity index (χ3v) is 4.16. The Morgan fingerprint density at radius 3 is 2.83 bits per heavy atom. The highest BCUT2D eigenvalue weighted by atomic mass is 16.1. The molecule has 0 unspecified atom stereocenters. The Labute approximate surface area is 107 Å². The molecule has 1 aliphatic carbocycles. The van der Waals surface area contributed by atoms with E-state index in [9.17, 15) is 10.1 Å². The van der Waals surface area contributed by atoms with Gasteiger partial charge < -0.3 is 5.32 Å². The molecule has 1 amide bonds. The normalized spacial score (nSPS) is 20.3. The standard InChI is InChI=1S/C15H16N2O/c16-10-15(6-1-7-15)9-11-2-4-13-12(8-11)3-5-14(18)17-13/h2,4,8H,1,3,5-7,9H2,(H,17,18). The zero-order chi connectivity index (χ0) is 12.6. The van der Waals surface area contributed by atoms with Crippen LogP contribution < -0.4 is 5.32 Å². The van der Waals surface area contributed by atoms with Gasteiger partial charge in [0.05, 0.1) is 11.5 Å². The highest BCUT2D eigenvalue weighted by Gasteiger charge is 2.37. The van der Waals surface area contributed by atoms with E-state index in [1.165, 1.54) is 17.5 Å². The van der Waals surface area contributed by atoms with Gasteiger partial charge in [0.2, 0.25) is 5.91 Å². The first-order valence-corrected chi connectivity index (χ1v) is 6.54. The Bertz CT molecular complexity index is 538. The number of carbonyl (C=O) groups excluding carboxylic acids is 1. The average molecular weight is 240 g/mol. The molecule has 3 heteroatoms. The van der Waals surface area contributed by atoms with Gasteiger partial charge in [-0.2, -0.15) is 5.26 Å². The van der Waals surface area contributed by atoms with Gasteiger partial charge >= 0.3 is 0 Å². The lowest BCUT2D eigenvalue weighted by atomic mass is 9.66. The Morgan fingerprint density at radius 1 is 1.33 bits per heavy atom. The lowest BCUT2D eigenvalue weighted by Crippen LogP contribution is -2.30. The number of hydrogen-bond donors (Lipinski definition) is 1. The first-order valence-electron chi connectivity index (χ1n) is 6.54. The molecule has 0 radical (unpaired) electrons. The molecule has 1 aromatic carbocycles. The minimum absolute atomic E-state index is 0.0998. The largest absolute Gasteiger partial charge is 0.326 e. The summed E-state index contributed by atoms with van der Waals surface area (Å²) in [4.78, 5) is 11.3. The van der Waals surface area contributed by atoms with Crippen molar-refractivity contribution in [2.75, 3.05) is 5.32 Å². The maximum Gasteiger partial charge on any atom is 0.224 e. The first kappa shape index (κ1) is 11.3. The summed E-state index contributed by atoms with van der Waals surface area (Å²) in [5.74, 6) is 0.0998. The molecule has 0 aromatic heterocycles. The van der Waals surface area contributed by atoms with Crippen LogP contribution >= 0.6 is 0 Å². The SMILES string of the molecule is N#CC1(Cc2ccc3c(c2)CCC(=O)N3)CCC1. The molecule has 3 nitrogen and oxygen atoms in total. The van der Waals surface area contributed by atoms with Crippen LogP contribution in [0.4, 0.5) is 5.69 Å². The monoisotopic (exact) mass is 240 g/mol. The van der Waals surface area contributed by atoms with Gasteiger partial charge in [-0.25, -0.2) is 0 Å². The van der Waals surface area contributed by atoms with E-state index in [1.807, 2.05) is 12.1 Å². The van der Waals surface area contributed by atoms with Crippen LogP contribution in [-0.2, 0) is 17.6 Å². The van der Waals surface area contributed by atoms with Gasteiger partial charge in [0.25, 0.3) is 0 Å². The maximum absolute atomic E-state index is 11.3. The van der Waals surface area contributed by atoms with Gasteiger partial charge in [-0.15, -0.1) is 0 Å². The van der Waals surface area contributed by atoms with Crippen molar-refractivity contribution in [1.82, 2.24) is 0 Å². The second-order valence-corrected chi connectivity index (χ2v) is 5.46. The van der Waals surface area contributed by atoms with Crippen LogP contribution in [0.1, 0.15) is 36.8 Å². The van der Waals surface area contributed by atoms with E-state index in [1.54, 1.807) is 0 Å². The molecule has 0 saturated heterocycles. The Balaban J connectivity index is 1.83. The van der Waals surface area contributed by atoms with E-state index in [0.717, 1.165) is 31.4 Å². The zero-order valence-electron chi connectivity index (χ0n) is 10.3. The summed E-state index contributed by atoms with van der Waals surface area (Å²) in [7, 11) is 0. The molecule has 1 aliphatic heterocycles. The molecule has 92 valence electrons. The van der Waals surface area contributed by atoms with E-state index in [4.69, 9.17) is 0 Å². The number of benzene rings is 1. The van der Waals surface area contributed by atoms with Crippen molar-refractivity contribution in [2.45, 2.75) is 38.5 Å². The number of nitrogens with one attached hydrogen (secondary N) is 1. The van der Waals surface area contributed by atoms with Gasteiger partial charge in [0.1, 0.15) is 0 Å². The third kappa shape index (κ3) is 1.88. The first-order chi connectivity index (χ1) is 8.71. The molecule has 0 atom stereocenters. The quantitative estimate of drug-likeness (QED) is 0.864. The van der Waals surface area contributed by atoms with Crippen molar-refractivity contribution in [3.8, 4) is 6.07 Å². The predicted molar refractivity (Wildman–Crippen MR) is 69.0 cm³/mol. The molecule has 0 spiro atoms. The lowest BCUT2D eigenvalue weighted by molar-refractivity contribution is -0.116. The van der Waals surface area contributed by atoms with Crippen LogP contribution in [0.25, 0.3) is 0 Å². The zero-order valence-corrected chi connectivity index (χ0v) is 10.3. The smallest absolute Gasteiger partial charge is 0.224 e. The highest BCUT2D eigenvalue weighted by Crippen LogP contribution is 2.43. The summed E-state index contributed by atoms with van der Waals surface area (Å²) in [6.45, 7) is 0. The predicted octanol–water partition coefficient (Wildman–Crippen LogP) is 2.81. The summed E-state index contributed by atoms with van der Waals surface area (Å²) < 4.78 is 0. The maximum atomic E-state index is 11.3. The molecule has 2 aliphatic rings. The fourth-order valence-corrected chi connectivity index (χ4v) is 2.87. The van der Waals surface area contributed by atoms with Gasteiger partial charge in [-0.3, -0.25) is 4.79 Å². The Hall–Kier alpha value is -1.82. The van der Waals surface area contributed by atoms with Crippen LogP contribution in [0.5, 0.6) is 0 Å². The number of anilines is 1. The summed E-state index contributed by atoms with van der Waals surface area (Å²) >= 11 is 0. The summed E-state index contributed by atoms with van der Waals surface area (Å²) in [5.41, 5.74) is 3.26. The molecular weight excluding hydrogens is 224 g/mol. The number of rotatable bonds is 2.